The summed E-state index contributed by atoms with van der Waals surface area (Å²) in [5, 5.41) is 26.2. The summed E-state index contributed by atoms with van der Waals surface area (Å²) in [7, 11) is 0. The van der Waals surface area contributed by atoms with Crippen molar-refractivity contribution < 1.29 is 24.9 Å². The van der Waals surface area contributed by atoms with E-state index in [1.165, 1.54) is 0 Å². The highest BCUT2D eigenvalue weighted by atomic mass is 16.6. The van der Waals surface area contributed by atoms with Crippen molar-refractivity contribution in [3.05, 3.63) is 0 Å². The summed E-state index contributed by atoms with van der Waals surface area (Å²) >= 11 is 0. The molecule has 1 saturated heterocycles. The van der Waals surface area contributed by atoms with Gasteiger partial charge in [-0.15, -0.1) is 0 Å². The molecule has 0 saturated carbocycles. The minimum absolute atomic E-state index is 0.0428. The van der Waals surface area contributed by atoms with E-state index < -0.39 is 17.9 Å². The maximum absolute atomic E-state index is 9.48. The van der Waals surface area contributed by atoms with Crippen molar-refractivity contribution in [1.29, 1.82) is 0 Å². The highest BCUT2D eigenvalue weighted by Crippen LogP contribution is 2.26. The van der Waals surface area contributed by atoms with Crippen LogP contribution in [-0.4, -0.2) is 39.3 Å². The van der Waals surface area contributed by atoms with E-state index in [2.05, 4.69) is 0 Å². The first kappa shape index (κ1) is 14.3. The molecule has 3 atom stereocenters. The monoisotopic (exact) mass is 220 g/mol. The molecule has 0 amide bonds. The topological polar surface area (TPSA) is 87.0 Å². The summed E-state index contributed by atoms with van der Waals surface area (Å²) < 4.78 is 5.02. The SMILES string of the molecule is CC1C[C@](C)(O)CC(O)O1.CCC(=O)O. The first-order valence-corrected chi connectivity index (χ1v) is 5.04. The van der Waals surface area contributed by atoms with Gasteiger partial charge in [-0.3, -0.25) is 4.79 Å². The second kappa shape index (κ2) is 6.05. The van der Waals surface area contributed by atoms with Crippen LogP contribution in [0.15, 0.2) is 0 Å². The average Bonchev–Trinajstić information content (AvgIpc) is 2.00. The molecule has 2 unspecified atom stereocenters. The zero-order chi connectivity index (χ0) is 12.1. The summed E-state index contributed by atoms with van der Waals surface area (Å²) in [4.78, 5) is 9.37. The number of aliphatic hydroxyl groups excluding tert-OH is 1. The highest BCUT2D eigenvalue weighted by Gasteiger charge is 2.33. The van der Waals surface area contributed by atoms with Crippen LogP contribution < -0.4 is 0 Å². The summed E-state index contributed by atoms with van der Waals surface area (Å²) in [6, 6.07) is 0. The lowest BCUT2D eigenvalue weighted by molar-refractivity contribution is -0.208. The molecule has 90 valence electrons. The molecule has 0 aromatic heterocycles. The fourth-order valence-electron chi connectivity index (χ4n) is 1.44. The normalized spacial score (nSPS) is 35.3. The minimum atomic E-state index is -0.793. The zero-order valence-corrected chi connectivity index (χ0v) is 9.43. The lowest BCUT2D eigenvalue weighted by atomic mass is 9.92. The predicted octanol–water partition coefficient (Wildman–Crippen LogP) is 0.736. The van der Waals surface area contributed by atoms with Crippen molar-refractivity contribution in [2.75, 3.05) is 0 Å². The van der Waals surface area contributed by atoms with E-state index in [0.29, 0.717) is 12.8 Å². The molecule has 1 heterocycles. The Bertz CT molecular complexity index is 190. The first-order valence-electron chi connectivity index (χ1n) is 5.04. The van der Waals surface area contributed by atoms with Gasteiger partial charge in [-0.1, -0.05) is 6.92 Å². The first-order chi connectivity index (χ1) is 6.76. The van der Waals surface area contributed by atoms with Crippen LogP contribution in [-0.2, 0) is 9.53 Å². The van der Waals surface area contributed by atoms with Gasteiger partial charge in [0.25, 0.3) is 0 Å². The van der Waals surface area contributed by atoms with Gasteiger partial charge in [-0.05, 0) is 13.8 Å². The molecule has 1 rings (SSSR count). The standard InChI is InChI=1S/C7H14O3.C3H6O2/c1-5-3-7(2,9)4-6(8)10-5;1-2-3(4)5/h5-6,8-9H,3-4H2,1-2H3;2H2,1H3,(H,4,5)/t5?,6?,7-;/m0./s1. The molecule has 15 heavy (non-hydrogen) atoms. The molecular weight excluding hydrogens is 200 g/mol. The largest absolute Gasteiger partial charge is 0.481 e. The smallest absolute Gasteiger partial charge is 0.303 e. The number of hydrogen-bond donors (Lipinski definition) is 3. The number of hydrogen-bond acceptors (Lipinski definition) is 4. The van der Waals surface area contributed by atoms with E-state index in [4.69, 9.17) is 14.9 Å². The molecule has 5 nitrogen and oxygen atoms in total. The van der Waals surface area contributed by atoms with Gasteiger partial charge < -0.3 is 20.1 Å². The Kier molecular flexibility index (Phi) is 5.79. The van der Waals surface area contributed by atoms with E-state index in [0.717, 1.165) is 0 Å². The molecule has 1 fully saturated rings. The molecule has 0 aromatic rings. The summed E-state index contributed by atoms with van der Waals surface area (Å²) in [5.74, 6) is -0.745. The number of carbonyl (C=O) groups is 1. The molecule has 0 aliphatic carbocycles. The molecule has 0 spiro atoms. The summed E-state index contributed by atoms with van der Waals surface area (Å²) in [5.41, 5.74) is -0.753. The van der Waals surface area contributed by atoms with Gasteiger partial charge in [0.1, 0.15) is 0 Å². The average molecular weight is 220 g/mol. The van der Waals surface area contributed by atoms with Crippen molar-refractivity contribution in [2.45, 2.75) is 58.0 Å². The molecule has 1 aliphatic rings. The maximum Gasteiger partial charge on any atom is 0.303 e. The van der Waals surface area contributed by atoms with E-state index >= 15 is 0 Å². The zero-order valence-electron chi connectivity index (χ0n) is 9.43. The minimum Gasteiger partial charge on any atom is -0.481 e. The van der Waals surface area contributed by atoms with Crippen LogP contribution in [0.1, 0.15) is 40.0 Å². The lowest BCUT2D eigenvalue weighted by Gasteiger charge is -2.35. The molecule has 0 aromatic carbocycles. The second-order valence-electron chi connectivity index (χ2n) is 4.05. The predicted molar refractivity (Wildman–Crippen MR) is 54.3 cm³/mol. The lowest BCUT2D eigenvalue weighted by Crippen LogP contribution is -2.41. The molecule has 1 aliphatic heterocycles. The van der Waals surface area contributed by atoms with Gasteiger partial charge in [0.15, 0.2) is 6.29 Å². The van der Waals surface area contributed by atoms with Crippen molar-refractivity contribution in [1.82, 2.24) is 0 Å². The Labute approximate surface area is 89.7 Å². The fourth-order valence-corrected chi connectivity index (χ4v) is 1.44. The number of rotatable bonds is 1. The Morgan fingerprint density at radius 2 is 2.00 bits per heavy atom. The molecule has 5 heteroatoms. The highest BCUT2D eigenvalue weighted by molar-refractivity contribution is 5.66. The maximum atomic E-state index is 9.48. The third-order valence-corrected chi connectivity index (χ3v) is 2.03. The Morgan fingerprint density at radius 1 is 1.53 bits per heavy atom. The van der Waals surface area contributed by atoms with Crippen molar-refractivity contribution in [3.63, 3.8) is 0 Å². The van der Waals surface area contributed by atoms with Gasteiger partial charge in [0.05, 0.1) is 11.7 Å². The summed E-state index contributed by atoms with van der Waals surface area (Å²) in [6.07, 6.45) is 0.305. The number of carboxylic acids is 1. The van der Waals surface area contributed by atoms with Gasteiger partial charge in [0.2, 0.25) is 0 Å². The van der Waals surface area contributed by atoms with E-state index in [-0.39, 0.29) is 12.5 Å². The van der Waals surface area contributed by atoms with Crippen molar-refractivity contribution >= 4 is 5.97 Å². The van der Waals surface area contributed by atoms with E-state index in [9.17, 15) is 9.90 Å². The van der Waals surface area contributed by atoms with E-state index in [1.807, 2.05) is 6.92 Å². The Hall–Kier alpha value is -0.650. The Morgan fingerprint density at radius 3 is 2.27 bits per heavy atom. The molecule has 3 N–H and O–H groups in total. The quantitative estimate of drug-likeness (QED) is 0.606. The van der Waals surface area contributed by atoms with Crippen molar-refractivity contribution in [3.8, 4) is 0 Å². The van der Waals surface area contributed by atoms with Crippen LogP contribution in [0.25, 0.3) is 0 Å². The molecule has 0 bridgehead atoms. The number of aliphatic hydroxyl groups is 2. The van der Waals surface area contributed by atoms with Crippen LogP contribution in [0.5, 0.6) is 0 Å². The number of aliphatic carboxylic acids is 1. The van der Waals surface area contributed by atoms with Crippen LogP contribution >= 0.6 is 0 Å². The van der Waals surface area contributed by atoms with Gasteiger partial charge in [-0.2, -0.15) is 0 Å². The third kappa shape index (κ3) is 7.30. The number of ether oxygens (including phenoxy) is 1. The van der Waals surface area contributed by atoms with Gasteiger partial charge in [-0.25, -0.2) is 0 Å². The molecular formula is C10H20O5. The van der Waals surface area contributed by atoms with Crippen molar-refractivity contribution in [2.24, 2.45) is 0 Å². The molecule has 0 radical (unpaired) electrons. The number of carboxylic acid groups (broad SMARTS) is 1. The second-order valence-corrected chi connectivity index (χ2v) is 4.05. The Balaban J connectivity index is 0.000000336. The van der Waals surface area contributed by atoms with Crippen LogP contribution in [0.4, 0.5) is 0 Å². The summed E-state index contributed by atoms with van der Waals surface area (Å²) in [6.45, 7) is 5.16. The third-order valence-electron chi connectivity index (χ3n) is 2.03. The van der Waals surface area contributed by atoms with Crippen LogP contribution in [0.3, 0.4) is 0 Å². The van der Waals surface area contributed by atoms with Crippen LogP contribution in [0.2, 0.25) is 0 Å². The van der Waals surface area contributed by atoms with Gasteiger partial charge >= 0.3 is 5.97 Å². The fraction of sp³-hybridized carbons (Fsp3) is 0.900. The van der Waals surface area contributed by atoms with E-state index in [1.54, 1.807) is 13.8 Å². The van der Waals surface area contributed by atoms with Gasteiger partial charge in [0, 0.05) is 19.3 Å². The van der Waals surface area contributed by atoms with Crippen LogP contribution in [0, 0.1) is 0 Å².